The zero-order valence-electron chi connectivity index (χ0n) is 10.4. The lowest BCUT2D eigenvalue weighted by Crippen LogP contribution is -1.97. The van der Waals surface area contributed by atoms with E-state index < -0.39 is 0 Å². The zero-order valence-corrected chi connectivity index (χ0v) is 12.9. The van der Waals surface area contributed by atoms with Gasteiger partial charge in [0.1, 0.15) is 0 Å². The van der Waals surface area contributed by atoms with E-state index in [2.05, 4.69) is 19.1 Å². The van der Waals surface area contributed by atoms with Gasteiger partial charge in [-0.3, -0.25) is 4.79 Å². The molecule has 0 unspecified atom stereocenters. The summed E-state index contributed by atoms with van der Waals surface area (Å²) in [6, 6.07) is 4.21. The molecule has 18 heavy (non-hydrogen) atoms. The second-order valence-corrected chi connectivity index (χ2v) is 8.06. The van der Waals surface area contributed by atoms with E-state index in [-0.39, 0.29) is 5.78 Å². The van der Waals surface area contributed by atoms with Crippen LogP contribution in [0, 0.1) is 13.8 Å². The SMILES string of the molecule is Cc1cc(C)c(C(=O)c2cc3c(s2)CCSC3)s1. The highest BCUT2D eigenvalue weighted by Gasteiger charge is 2.20. The molecule has 0 radical (unpaired) electrons. The Morgan fingerprint density at radius 2 is 2.06 bits per heavy atom. The predicted molar refractivity (Wildman–Crippen MR) is 81.4 cm³/mol. The van der Waals surface area contributed by atoms with Crippen LogP contribution in [-0.2, 0) is 12.2 Å². The van der Waals surface area contributed by atoms with Crippen molar-refractivity contribution in [2.24, 2.45) is 0 Å². The summed E-state index contributed by atoms with van der Waals surface area (Å²) >= 11 is 5.28. The fourth-order valence-corrected chi connectivity index (χ4v) is 5.60. The summed E-state index contributed by atoms with van der Waals surface area (Å²) in [5.74, 6) is 2.48. The van der Waals surface area contributed by atoms with Crippen molar-refractivity contribution in [2.75, 3.05) is 5.75 Å². The van der Waals surface area contributed by atoms with Crippen LogP contribution in [0.3, 0.4) is 0 Å². The highest BCUT2D eigenvalue weighted by molar-refractivity contribution is 7.98. The molecule has 0 aromatic carbocycles. The molecule has 1 aliphatic rings. The second kappa shape index (κ2) is 4.83. The number of aryl methyl sites for hydroxylation is 3. The van der Waals surface area contributed by atoms with Crippen molar-refractivity contribution in [1.29, 1.82) is 0 Å². The third-order valence-electron chi connectivity index (χ3n) is 3.10. The predicted octanol–water partition coefficient (Wildman–Crippen LogP) is 4.45. The molecule has 1 nitrogen and oxygen atoms in total. The van der Waals surface area contributed by atoms with Crippen molar-refractivity contribution in [1.82, 2.24) is 0 Å². The van der Waals surface area contributed by atoms with Gasteiger partial charge in [0.2, 0.25) is 5.78 Å². The first-order valence-electron chi connectivity index (χ1n) is 5.96. The molecule has 2 aromatic rings. The third kappa shape index (κ3) is 2.17. The molecule has 4 heteroatoms. The van der Waals surface area contributed by atoms with Crippen molar-refractivity contribution in [2.45, 2.75) is 26.0 Å². The van der Waals surface area contributed by atoms with Crippen molar-refractivity contribution in [3.63, 3.8) is 0 Å². The van der Waals surface area contributed by atoms with Gasteiger partial charge in [0.05, 0.1) is 9.75 Å². The van der Waals surface area contributed by atoms with Gasteiger partial charge in [-0.2, -0.15) is 11.8 Å². The lowest BCUT2D eigenvalue weighted by atomic mass is 10.1. The number of hydrogen-bond acceptors (Lipinski definition) is 4. The summed E-state index contributed by atoms with van der Waals surface area (Å²) in [5.41, 5.74) is 2.49. The summed E-state index contributed by atoms with van der Waals surface area (Å²) < 4.78 is 0. The summed E-state index contributed by atoms with van der Waals surface area (Å²) in [5, 5.41) is 0. The number of rotatable bonds is 2. The molecule has 0 atom stereocenters. The Balaban J connectivity index is 1.97. The molecule has 3 rings (SSSR count). The minimum absolute atomic E-state index is 0.218. The van der Waals surface area contributed by atoms with Crippen molar-refractivity contribution in [3.8, 4) is 0 Å². The summed E-state index contributed by atoms with van der Waals surface area (Å²) in [4.78, 5) is 17.0. The maximum atomic E-state index is 12.5. The average molecular weight is 294 g/mol. The van der Waals surface area contributed by atoms with Crippen LogP contribution in [0.15, 0.2) is 12.1 Å². The molecule has 0 aliphatic carbocycles. The lowest BCUT2D eigenvalue weighted by molar-refractivity contribution is 0.104. The topological polar surface area (TPSA) is 17.1 Å². The van der Waals surface area contributed by atoms with Crippen LogP contribution in [0.2, 0.25) is 0 Å². The standard InChI is InChI=1S/C14H14OS3/c1-8-5-9(2)17-14(8)13(15)12-6-10-7-16-4-3-11(10)18-12/h5-6H,3-4,7H2,1-2H3. The Bertz CT molecular complexity index is 583. The molecule has 0 saturated carbocycles. The van der Waals surface area contributed by atoms with Crippen LogP contribution < -0.4 is 0 Å². The van der Waals surface area contributed by atoms with Gasteiger partial charge in [-0.1, -0.05) is 0 Å². The molecule has 2 aromatic heterocycles. The maximum Gasteiger partial charge on any atom is 0.213 e. The van der Waals surface area contributed by atoms with Crippen LogP contribution in [0.25, 0.3) is 0 Å². The highest BCUT2D eigenvalue weighted by atomic mass is 32.2. The van der Waals surface area contributed by atoms with Gasteiger partial charge in [-0.05, 0) is 49.3 Å². The van der Waals surface area contributed by atoms with Crippen LogP contribution in [-0.4, -0.2) is 11.5 Å². The van der Waals surface area contributed by atoms with E-state index in [0.717, 1.165) is 27.5 Å². The van der Waals surface area contributed by atoms with Gasteiger partial charge in [-0.25, -0.2) is 0 Å². The molecular formula is C14H14OS3. The number of carbonyl (C=O) groups excluding carboxylic acids is 1. The van der Waals surface area contributed by atoms with E-state index in [9.17, 15) is 4.79 Å². The Labute approximate surface area is 119 Å². The first-order chi connectivity index (χ1) is 8.65. The molecule has 0 N–H and O–H groups in total. The van der Waals surface area contributed by atoms with Crippen LogP contribution in [0.5, 0.6) is 0 Å². The monoisotopic (exact) mass is 294 g/mol. The highest BCUT2D eigenvalue weighted by Crippen LogP contribution is 2.34. The van der Waals surface area contributed by atoms with Gasteiger partial charge < -0.3 is 0 Å². The number of carbonyl (C=O) groups is 1. The largest absolute Gasteiger partial charge is 0.287 e. The summed E-state index contributed by atoms with van der Waals surface area (Å²) in [6.07, 6.45) is 1.13. The first kappa shape index (κ1) is 12.5. The molecular weight excluding hydrogens is 280 g/mol. The third-order valence-corrected chi connectivity index (χ3v) is 6.49. The van der Waals surface area contributed by atoms with Gasteiger partial charge in [0.15, 0.2) is 0 Å². The minimum Gasteiger partial charge on any atom is -0.287 e. The molecule has 0 saturated heterocycles. The van der Waals surface area contributed by atoms with Crippen LogP contribution in [0.1, 0.15) is 35.4 Å². The molecule has 94 valence electrons. The Kier molecular flexibility index (Phi) is 3.34. The Morgan fingerprint density at radius 1 is 1.22 bits per heavy atom. The maximum absolute atomic E-state index is 12.5. The number of thiophene rings is 2. The molecule has 0 amide bonds. The average Bonchev–Trinajstić information content (AvgIpc) is 2.91. The summed E-state index contributed by atoms with van der Waals surface area (Å²) in [6.45, 7) is 4.09. The summed E-state index contributed by atoms with van der Waals surface area (Å²) in [7, 11) is 0. The number of hydrogen-bond donors (Lipinski definition) is 0. The normalized spacial score (nSPS) is 14.6. The van der Waals surface area contributed by atoms with Crippen molar-refractivity contribution >= 4 is 40.2 Å². The second-order valence-electron chi connectivity index (χ2n) is 4.56. The van der Waals surface area contributed by atoms with Crippen LogP contribution in [0.4, 0.5) is 0 Å². The molecule has 3 heterocycles. The van der Waals surface area contributed by atoms with E-state index in [1.54, 1.807) is 22.7 Å². The fraction of sp³-hybridized carbons (Fsp3) is 0.357. The van der Waals surface area contributed by atoms with E-state index in [4.69, 9.17) is 0 Å². The number of fused-ring (bicyclic) bond motifs is 1. The van der Waals surface area contributed by atoms with Crippen molar-refractivity contribution < 1.29 is 4.79 Å². The molecule has 0 bridgehead atoms. The Morgan fingerprint density at radius 3 is 2.72 bits per heavy atom. The number of thioether (sulfide) groups is 1. The Hall–Kier alpha value is -0.580. The van der Waals surface area contributed by atoms with E-state index in [1.807, 2.05) is 18.7 Å². The van der Waals surface area contributed by atoms with Crippen molar-refractivity contribution in [3.05, 3.63) is 42.8 Å². The molecule has 0 spiro atoms. The quantitative estimate of drug-likeness (QED) is 0.761. The first-order valence-corrected chi connectivity index (χ1v) is 8.75. The van der Waals surface area contributed by atoms with Crippen LogP contribution >= 0.6 is 34.4 Å². The molecule has 0 fully saturated rings. The van der Waals surface area contributed by atoms with E-state index in [0.29, 0.717) is 0 Å². The van der Waals surface area contributed by atoms with Gasteiger partial charge >= 0.3 is 0 Å². The van der Waals surface area contributed by atoms with Gasteiger partial charge in [0.25, 0.3) is 0 Å². The lowest BCUT2D eigenvalue weighted by Gasteiger charge is -2.08. The minimum atomic E-state index is 0.218. The molecule has 1 aliphatic heterocycles. The van der Waals surface area contributed by atoms with E-state index >= 15 is 0 Å². The zero-order chi connectivity index (χ0) is 12.7. The van der Waals surface area contributed by atoms with E-state index in [1.165, 1.54) is 21.1 Å². The van der Waals surface area contributed by atoms with Gasteiger partial charge in [0, 0.05) is 15.5 Å². The smallest absolute Gasteiger partial charge is 0.213 e. The fourth-order valence-electron chi connectivity index (χ4n) is 2.24. The van der Waals surface area contributed by atoms with Gasteiger partial charge in [-0.15, -0.1) is 22.7 Å². The number of ketones is 1.